The average molecular weight is 259 g/mol. The first-order valence-corrected chi connectivity index (χ1v) is 5.87. The standard InChI is InChI=1S/C14H14FN3O/c15-12-4-2-1-3-11(12)7-14(19)18-13-6-5-10(8-16)9-17-13/h1-6,9H,7-8,16H2,(H,17,18,19). The third-order valence-corrected chi connectivity index (χ3v) is 2.64. The van der Waals surface area contributed by atoms with Crippen LogP contribution in [-0.4, -0.2) is 10.9 Å². The number of benzene rings is 1. The number of aromatic nitrogens is 1. The zero-order valence-electron chi connectivity index (χ0n) is 10.3. The van der Waals surface area contributed by atoms with Gasteiger partial charge in [-0.2, -0.15) is 0 Å². The van der Waals surface area contributed by atoms with Gasteiger partial charge in [-0.25, -0.2) is 9.37 Å². The maximum Gasteiger partial charge on any atom is 0.230 e. The first-order chi connectivity index (χ1) is 9.19. The van der Waals surface area contributed by atoms with Crippen LogP contribution in [0.2, 0.25) is 0 Å². The lowest BCUT2D eigenvalue weighted by molar-refractivity contribution is -0.115. The number of nitrogens with two attached hydrogens (primary N) is 1. The van der Waals surface area contributed by atoms with Crippen LogP contribution < -0.4 is 11.1 Å². The van der Waals surface area contributed by atoms with Crippen molar-refractivity contribution >= 4 is 11.7 Å². The lowest BCUT2D eigenvalue weighted by Gasteiger charge is -2.05. The van der Waals surface area contributed by atoms with Gasteiger partial charge in [-0.3, -0.25) is 4.79 Å². The van der Waals surface area contributed by atoms with E-state index in [0.717, 1.165) is 5.56 Å². The number of nitrogens with one attached hydrogen (secondary N) is 1. The number of hydrogen-bond acceptors (Lipinski definition) is 3. The van der Waals surface area contributed by atoms with Crippen molar-refractivity contribution in [2.24, 2.45) is 5.73 Å². The second-order valence-electron chi connectivity index (χ2n) is 4.07. The van der Waals surface area contributed by atoms with Crippen LogP contribution in [-0.2, 0) is 17.8 Å². The largest absolute Gasteiger partial charge is 0.326 e. The van der Waals surface area contributed by atoms with Gasteiger partial charge in [0.15, 0.2) is 0 Å². The predicted octanol–water partition coefficient (Wildman–Crippen LogP) is 1.86. The highest BCUT2D eigenvalue weighted by atomic mass is 19.1. The van der Waals surface area contributed by atoms with Crippen molar-refractivity contribution in [2.45, 2.75) is 13.0 Å². The van der Waals surface area contributed by atoms with Gasteiger partial charge in [0.25, 0.3) is 0 Å². The molecule has 3 N–H and O–H groups in total. The van der Waals surface area contributed by atoms with Gasteiger partial charge in [0.05, 0.1) is 6.42 Å². The molecule has 0 saturated heterocycles. The minimum absolute atomic E-state index is 0.0208. The summed E-state index contributed by atoms with van der Waals surface area (Å²) in [7, 11) is 0. The number of hydrogen-bond donors (Lipinski definition) is 2. The second-order valence-corrected chi connectivity index (χ2v) is 4.07. The molecule has 0 atom stereocenters. The zero-order chi connectivity index (χ0) is 13.7. The van der Waals surface area contributed by atoms with E-state index in [9.17, 15) is 9.18 Å². The molecule has 98 valence electrons. The van der Waals surface area contributed by atoms with Crippen LogP contribution in [0.15, 0.2) is 42.6 Å². The molecule has 1 heterocycles. The van der Waals surface area contributed by atoms with Crippen molar-refractivity contribution in [1.82, 2.24) is 4.98 Å². The van der Waals surface area contributed by atoms with Crippen molar-refractivity contribution in [3.63, 3.8) is 0 Å². The Bertz CT molecular complexity index is 569. The van der Waals surface area contributed by atoms with Gasteiger partial charge in [0.2, 0.25) is 5.91 Å². The van der Waals surface area contributed by atoms with Crippen molar-refractivity contribution in [3.8, 4) is 0 Å². The van der Waals surface area contributed by atoms with Crippen LogP contribution in [0.5, 0.6) is 0 Å². The van der Waals surface area contributed by atoms with Gasteiger partial charge in [0, 0.05) is 12.7 Å². The molecular weight excluding hydrogens is 245 g/mol. The number of pyridine rings is 1. The van der Waals surface area contributed by atoms with E-state index in [2.05, 4.69) is 10.3 Å². The molecule has 0 saturated carbocycles. The Kier molecular flexibility index (Phi) is 4.20. The molecule has 0 radical (unpaired) electrons. The van der Waals surface area contributed by atoms with Crippen LogP contribution >= 0.6 is 0 Å². The van der Waals surface area contributed by atoms with Gasteiger partial charge < -0.3 is 11.1 Å². The first-order valence-electron chi connectivity index (χ1n) is 5.87. The summed E-state index contributed by atoms with van der Waals surface area (Å²) < 4.78 is 13.4. The minimum atomic E-state index is -0.385. The van der Waals surface area contributed by atoms with E-state index >= 15 is 0 Å². The molecule has 4 nitrogen and oxygen atoms in total. The summed E-state index contributed by atoms with van der Waals surface area (Å²) >= 11 is 0. The van der Waals surface area contributed by atoms with Crippen LogP contribution in [0.1, 0.15) is 11.1 Å². The van der Waals surface area contributed by atoms with Crippen molar-refractivity contribution in [2.75, 3.05) is 5.32 Å². The van der Waals surface area contributed by atoms with Gasteiger partial charge in [-0.1, -0.05) is 24.3 Å². The Morgan fingerprint density at radius 3 is 2.68 bits per heavy atom. The number of carbonyl (C=O) groups is 1. The van der Waals surface area contributed by atoms with Gasteiger partial charge in [0.1, 0.15) is 11.6 Å². The smallest absolute Gasteiger partial charge is 0.230 e. The van der Waals surface area contributed by atoms with Crippen LogP contribution in [0.3, 0.4) is 0 Å². The number of amides is 1. The highest BCUT2D eigenvalue weighted by Crippen LogP contribution is 2.09. The third-order valence-electron chi connectivity index (χ3n) is 2.64. The number of halogens is 1. The SMILES string of the molecule is NCc1ccc(NC(=O)Cc2ccccc2F)nc1. The van der Waals surface area contributed by atoms with E-state index in [1.807, 2.05) is 0 Å². The second kappa shape index (κ2) is 6.06. The van der Waals surface area contributed by atoms with Crippen molar-refractivity contribution in [3.05, 3.63) is 59.5 Å². The first kappa shape index (κ1) is 13.2. The highest BCUT2D eigenvalue weighted by molar-refractivity contribution is 5.91. The maximum atomic E-state index is 13.4. The van der Waals surface area contributed by atoms with Gasteiger partial charge in [-0.05, 0) is 23.3 Å². The van der Waals surface area contributed by atoms with Gasteiger partial charge >= 0.3 is 0 Å². The fraction of sp³-hybridized carbons (Fsp3) is 0.143. The summed E-state index contributed by atoms with van der Waals surface area (Å²) in [6, 6.07) is 9.65. The fourth-order valence-corrected chi connectivity index (χ4v) is 1.62. The summed E-state index contributed by atoms with van der Waals surface area (Å²) in [6.45, 7) is 0.399. The maximum absolute atomic E-state index is 13.4. The Hall–Kier alpha value is -2.27. The van der Waals surface area contributed by atoms with E-state index in [1.165, 1.54) is 6.07 Å². The molecule has 2 aromatic rings. The van der Waals surface area contributed by atoms with E-state index in [-0.39, 0.29) is 18.1 Å². The van der Waals surface area contributed by atoms with E-state index in [4.69, 9.17) is 5.73 Å². The molecule has 0 bridgehead atoms. The van der Waals surface area contributed by atoms with Crippen molar-refractivity contribution < 1.29 is 9.18 Å². The lowest BCUT2D eigenvalue weighted by atomic mass is 10.1. The molecule has 1 aromatic carbocycles. The molecule has 5 heteroatoms. The summed E-state index contributed by atoms with van der Waals surface area (Å²) in [6.07, 6.45) is 1.58. The van der Waals surface area contributed by atoms with E-state index in [1.54, 1.807) is 36.5 Å². The molecule has 19 heavy (non-hydrogen) atoms. The van der Waals surface area contributed by atoms with Crippen molar-refractivity contribution in [1.29, 1.82) is 0 Å². The van der Waals surface area contributed by atoms with Crippen LogP contribution in [0.4, 0.5) is 10.2 Å². The highest BCUT2D eigenvalue weighted by Gasteiger charge is 2.08. The molecule has 1 amide bonds. The molecule has 0 aliphatic carbocycles. The number of carbonyl (C=O) groups excluding carboxylic acids is 1. The van der Waals surface area contributed by atoms with Gasteiger partial charge in [-0.15, -0.1) is 0 Å². The molecule has 0 aliphatic rings. The topological polar surface area (TPSA) is 68.0 Å². The Morgan fingerprint density at radius 2 is 2.05 bits per heavy atom. The lowest BCUT2D eigenvalue weighted by Crippen LogP contribution is -2.16. The summed E-state index contributed by atoms with van der Waals surface area (Å²) in [5, 5.41) is 2.61. The molecular formula is C14H14FN3O. The molecule has 0 fully saturated rings. The molecule has 0 spiro atoms. The number of anilines is 1. The monoisotopic (exact) mass is 259 g/mol. The normalized spacial score (nSPS) is 10.2. The Labute approximate surface area is 110 Å². The van der Waals surface area contributed by atoms with E-state index in [0.29, 0.717) is 17.9 Å². The molecule has 2 rings (SSSR count). The number of nitrogens with zero attached hydrogens (tertiary/aromatic N) is 1. The summed E-state index contributed by atoms with van der Waals surface area (Å²) in [5.41, 5.74) is 6.69. The Morgan fingerprint density at radius 1 is 1.26 bits per heavy atom. The average Bonchev–Trinajstić information content (AvgIpc) is 2.42. The van der Waals surface area contributed by atoms with Crippen LogP contribution in [0, 0.1) is 5.82 Å². The zero-order valence-corrected chi connectivity index (χ0v) is 10.3. The van der Waals surface area contributed by atoms with Crippen LogP contribution in [0.25, 0.3) is 0 Å². The summed E-state index contributed by atoms with van der Waals surface area (Å²) in [5.74, 6) is -0.263. The fourth-order valence-electron chi connectivity index (χ4n) is 1.62. The predicted molar refractivity (Wildman–Crippen MR) is 70.9 cm³/mol. The minimum Gasteiger partial charge on any atom is -0.326 e. The Balaban J connectivity index is 1.99. The number of rotatable bonds is 4. The molecule has 0 unspecified atom stereocenters. The molecule has 1 aromatic heterocycles. The third kappa shape index (κ3) is 3.59. The van der Waals surface area contributed by atoms with E-state index < -0.39 is 0 Å². The molecule has 0 aliphatic heterocycles. The quantitative estimate of drug-likeness (QED) is 0.880. The summed E-state index contributed by atoms with van der Waals surface area (Å²) in [4.78, 5) is 15.8.